The number of nitrogens with zero attached hydrogens (tertiary/aromatic N) is 1. The van der Waals surface area contributed by atoms with Gasteiger partial charge in [0.1, 0.15) is 36.4 Å². The Labute approximate surface area is 120 Å². The van der Waals surface area contributed by atoms with E-state index in [1.54, 1.807) is 18.2 Å². The van der Waals surface area contributed by atoms with Crippen molar-refractivity contribution in [1.82, 2.24) is 0 Å². The number of hydrogen-bond acceptors (Lipinski definition) is 5. The summed E-state index contributed by atoms with van der Waals surface area (Å²) in [4.78, 5) is 0. The topological polar surface area (TPSA) is 77.5 Å². The van der Waals surface area contributed by atoms with Gasteiger partial charge >= 0.3 is 0 Å². The molecule has 0 saturated carbocycles. The molecule has 106 valence electrons. The van der Waals surface area contributed by atoms with Gasteiger partial charge in [0, 0.05) is 12.1 Å². The van der Waals surface area contributed by atoms with E-state index in [1.165, 1.54) is 18.2 Å². The van der Waals surface area contributed by atoms with E-state index in [9.17, 15) is 4.39 Å². The Morgan fingerprint density at radius 3 is 2.57 bits per heavy atom. The van der Waals surface area contributed by atoms with Crippen molar-refractivity contribution in [3.05, 3.63) is 41.7 Å². The second-order valence-electron chi connectivity index (χ2n) is 4.36. The molecule has 0 spiro atoms. The number of benzene rings is 2. The van der Waals surface area contributed by atoms with Gasteiger partial charge < -0.3 is 19.9 Å². The van der Waals surface area contributed by atoms with E-state index < -0.39 is 5.82 Å². The van der Waals surface area contributed by atoms with E-state index in [-0.39, 0.29) is 17.1 Å². The zero-order valence-corrected chi connectivity index (χ0v) is 10.9. The van der Waals surface area contributed by atoms with Gasteiger partial charge in [-0.3, -0.25) is 0 Å². The van der Waals surface area contributed by atoms with Gasteiger partial charge in [0.2, 0.25) is 0 Å². The molecule has 0 unspecified atom stereocenters. The molecule has 0 aliphatic carbocycles. The smallest absolute Gasteiger partial charge is 0.165 e. The van der Waals surface area contributed by atoms with E-state index in [2.05, 4.69) is 0 Å². The third kappa shape index (κ3) is 2.41. The number of anilines is 1. The second kappa shape index (κ2) is 5.21. The van der Waals surface area contributed by atoms with Gasteiger partial charge in [-0.05, 0) is 12.1 Å². The van der Waals surface area contributed by atoms with Gasteiger partial charge in [-0.15, -0.1) is 0 Å². The Bertz CT molecular complexity index is 740. The van der Waals surface area contributed by atoms with Crippen LogP contribution in [-0.2, 0) is 0 Å². The lowest BCUT2D eigenvalue weighted by molar-refractivity contribution is 0.171. The molecule has 2 N–H and O–H groups in total. The molecule has 1 aliphatic heterocycles. The number of fused-ring (bicyclic) bond motifs is 1. The zero-order valence-electron chi connectivity index (χ0n) is 10.9. The highest BCUT2D eigenvalue weighted by Gasteiger charge is 2.17. The van der Waals surface area contributed by atoms with Crippen molar-refractivity contribution >= 4 is 5.69 Å². The molecular weight excluding hydrogens is 275 g/mol. The van der Waals surface area contributed by atoms with Crippen LogP contribution in [0.25, 0.3) is 0 Å². The zero-order chi connectivity index (χ0) is 14.8. The summed E-state index contributed by atoms with van der Waals surface area (Å²) in [5.41, 5.74) is 6.02. The summed E-state index contributed by atoms with van der Waals surface area (Å²) in [5, 5.41) is 8.99. The van der Waals surface area contributed by atoms with Gasteiger partial charge in [-0.2, -0.15) is 5.26 Å². The number of nitrogen functional groups attached to an aromatic ring is 1. The molecule has 3 rings (SSSR count). The van der Waals surface area contributed by atoms with Gasteiger partial charge in [-0.25, -0.2) is 4.39 Å². The molecule has 0 amide bonds. The van der Waals surface area contributed by atoms with Crippen LogP contribution in [0.3, 0.4) is 0 Å². The number of halogens is 1. The van der Waals surface area contributed by atoms with Crippen LogP contribution in [0.15, 0.2) is 30.3 Å². The van der Waals surface area contributed by atoms with Crippen LogP contribution >= 0.6 is 0 Å². The van der Waals surface area contributed by atoms with Crippen molar-refractivity contribution in [3.63, 3.8) is 0 Å². The average Bonchev–Trinajstić information content (AvgIpc) is 2.48. The first-order valence-corrected chi connectivity index (χ1v) is 6.24. The fraction of sp³-hybridized carbons (Fsp3) is 0.133. The molecule has 0 fully saturated rings. The van der Waals surface area contributed by atoms with Crippen molar-refractivity contribution in [3.8, 4) is 29.1 Å². The van der Waals surface area contributed by atoms with E-state index in [4.69, 9.17) is 25.2 Å². The van der Waals surface area contributed by atoms with E-state index in [1.807, 2.05) is 0 Å². The summed E-state index contributed by atoms with van der Waals surface area (Å²) < 4.78 is 29.9. The Morgan fingerprint density at radius 1 is 1.14 bits per heavy atom. The van der Waals surface area contributed by atoms with Crippen LogP contribution in [0.2, 0.25) is 0 Å². The summed E-state index contributed by atoms with van der Waals surface area (Å²) in [5.74, 6) is 0.763. The van der Waals surface area contributed by atoms with E-state index >= 15 is 0 Å². The number of ether oxygens (including phenoxy) is 3. The highest BCUT2D eigenvalue weighted by molar-refractivity contribution is 5.63. The molecule has 6 heteroatoms. The first kappa shape index (κ1) is 13.1. The summed E-state index contributed by atoms with van der Waals surface area (Å²) in [6.07, 6.45) is 0. The standard InChI is InChI=1S/C15H11FN2O3/c16-10-2-1-3-12(9(10)8-17)21-13-7-15-14(6-11(13)18)19-4-5-20-15/h1-3,6-7H,4-5,18H2. The summed E-state index contributed by atoms with van der Waals surface area (Å²) in [6.45, 7) is 0.884. The lowest BCUT2D eigenvalue weighted by Crippen LogP contribution is -2.15. The molecule has 0 bridgehead atoms. The maximum absolute atomic E-state index is 13.5. The van der Waals surface area contributed by atoms with Crippen LogP contribution in [0.5, 0.6) is 23.0 Å². The molecular formula is C15H11FN2O3. The maximum Gasteiger partial charge on any atom is 0.165 e. The molecule has 5 nitrogen and oxygen atoms in total. The third-order valence-corrected chi connectivity index (χ3v) is 2.98. The molecule has 0 saturated heterocycles. The van der Waals surface area contributed by atoms with E-state index in [0.29, 0.717) is 30.4 Å². The van der Waals surface area contributed by atoms with Crippen molar-refractivity contribution < 1.29 is 18.6 Å². The van der Waals surface area contributed by atoms with Gasteiger partial charge in [-0.1, -0.05) is 6.07 Å². The fourth-order valence-corrected chi connectivity index (χ4v) is 1.99. The van der Waals surface area contributed by atoms with Gasteiger partial charge in [0.25, 0.3) is 0 Å². The van der Waals surface area contributed by atoms with Crippen molar-refractivity contribution in [2.24, 2.45) is 0 Å². The lowest BCUT2D eigenvalue weighted by Gasteiger charge is -2.20. The predicted octanol–water partition coefficient (Wildman–Crippen LogP) is 2.84. The minimum Gasteiger partial charge on any atom is -0.486 e. The minimum absolute atomic E-state index is 0.0980. The minimum atomic E-state index is -0.647. The van der Waals surface area contributed by atoms with Crippen molar-refractivity contribution in [2.75, 3.05) is 18.9 Å². The molecule has 0 atom stereocenters. The lowest BCUT2D eigenvalue weighted by atomic mass is 10.2. The third-order valence-electron chi connectivity index (χ3n) is 2.98. The first-order chi connectivity index (χ1) is 10.2. The van der Waals surface area contributed by atoms with Crippen LogP contribution in [0, 0.1) is 17.1 Å². The van der Waals surface area contributed by atoms with Crippen LogP contribution in [0.1, 0.15) is 5.56 Å². The number of hydrogen-bond donors (Lipinski definition) is 1. The van der Waals surface area contributed by atoms with Crippen LogP contribution < -0.4 is 19.9 Å². The van der Waals surface area contributed by atoms with Crippen LogP contribution in [-0.4, -0.2) is 13.2 Å². The SMILES string of the molecule is N#Cc1c(F)cccc1Oc1cc2c(cc1N)OCCO2. The highest BCUT2D eigenvalue weighted by Crippen LogP contribution is 2.40. The molecule has 2 aromatic carbocycles. The molecule has 1 heterocycles. The maximum atomic E-state index is 13.5. The number of nitrogens with two attached hydrogens (primary N) is 1. The summed E-state index contributed by atoms with van der Waals surface area (Å²) in [6, 6.07) is 9.06. The predicted molar refractivity (Wildman–Crippen MR) is 73.0 cm³/mol. The van der Waals surface area contributed by atoms with Crippen molar-refractivity contribution in [2.45, 2.75) is 0 Å². The normalized spacial score (nSPS) is 12.6. The molecule has 2 aromatic rings. The highest BCUT2D eigenvalue weighted by atomic mass is 19.1. The van der Waals surface area contributed by atoms with Gasteiger partial charge in [0.05, 0.1) is 5.69 Å². The van der Waals surface area contributed by atoms with E-state index in [0.717, 1.165) is 0 Å². The Morgan fingerprint density at radius 2 is 1.86 bits per heavy atom. The molecule has 21 heavy (non-hydrogen) atoms. The molecule has 0 aromatic heterocycles. The first-order valence-electron chi connectivity index (χ1n) is 6.24. The number of rotatable bonds is 2. The molecule has 1 aliphatic rings. The summed E-state index contributed by atoms with van der Waals surface area (Å²) in [7, 11) is 0. The van der Waals surface area contributed by atoms with Crippen LogP contribution in [0.4, 0.5) is 10.1 Å². The molecule has 0 radical (unpaired) electrons. The Balaban J connectivity index is 1.99. The Hall–Kier alpha value is -2.94. The largest absolute Gasteiger partial charge is 0.486 e. The van der Waals surface area contributed by atoms with Crippen molar-refractivity contribution in [1.29, 1.82) is 5.26 Å². The monoisotopic (exact) mass is 286 g/mol. The Kier molecular flexibility index (Phi) is 3.24. The second-order valence-corrected chi connectivity index (χ2v) is 4.36. The average molecular weight is 286 g/mol. The number of nitriles is 1. The quantitative estimate of drug-likeness (QED) is 0.859. The summed E-state index contributed by atoms with van der Waals surface area (Å²) >= 11 is 0. The van der Waals surface area contributed by atoms with Gasteiger partial charge in [0.15, 0.2) is 17.2 Å². The fourth-order valence-electron chi connectivity index (χ4n) is 1.99.